The van der Waals surface area contributed by atoms with Gasteiger partial charge in [0.05, 0.1) is 6.34 Å². The Morgan fingerprint density at radius 2 is 2.17 bits per heavy atom. The maximum absolute atomic E-state index is 10.7. The summed E-state index contributed by atoms with van der Waals surface area (Å²) in [5, 5.41) is 0. The molecule has 0 aliphatic heterocycles. The number of nitrogens with two attached hydrogens (primary N) is 1. The largest absolute Gasteiger partial charge is 0.369 e. The van der Waals surface area contributed by atoms with E-state index in [2.05, 4.69) is 4.99 Å². The van der Waals surface area contributed by atoms with E-state index in [0.717, 1.165) is 6.42 Å². The molecule has 2 N–H and O–H groups in total. The van der Waals surface area contributed by atoms with Crippen molar-refractivity contribution >= 4 is 12.2 Å². The van der Waals surface area contributed by atoms with Gasteiger partial charge in [-0.3, -0.25) is 4.79 Å². The lowest BCUT2D eigenvalue weighted by Gasteiger charge is -2.02. The molecular weight excluding hydrogens is 154 g/mol. The molecule has 0 aliphatic carbocycles. The molecule has 68 valence electrons. The van der Waals surface area contributed by atoms with Gasteiger partial charge in [0.25, 0.3) is 5.91 Å². The van der Waals surface area contributed by atoms with Gasteiger partial charge in [0.1, 0.15) is 5.70 Å². The number of carbonyl (C=O) groups excluding carboxylic acids is 1. The lowest BCUT2D eigenvalue weighted by Crippen LogP contribution is -2.15. The Hall–Kier alpha value is -1.32. The summed E-state index contributed by atoms with van der Waals surface area (Å²) in [6, 6.07) is 0. The Morgan fingerprint density at radius 1 is 1.58 bits per heavy atom. The standard InChI is InChI=1S/C8H15N3O/c1-4-5-7(8(9)12)10-6-11(2)3/h5-6H,4H2,1-3H3,(H2,9,12)/b7-5+,10-6-. The molecule has 0 spiro atoms. The van der Waals surface area contributed by atoms with Crippen LogP contribution in [0.1, 0.15) is 13.3 Å². The Labute approximate surface area is 72.8 Å². The van der Waals surface area contributed by atoms with Crippen molar-refractivity contribution in [2.75, 3.05) is 14.1 Å². The third-order valence-corrected chi connectivity index (χ3v) is 1.08. The van der Waals surface area contributed by atoms with Crippen LogP contribution in [0, 0.1) is 0 Å². The van der Waals surface area contributed by atoms with Crippen LogP contribution in [0.2, 0.25) is 0 Å². The molecule has 0 aromatic heterocycles. The highest BCUT2D eigenvalue weighted by molar-refractivity contribution is 5.92. The van der Waals surface area contributed by atoms with Gasteiger partial charge in [-0.05, 0) is 6.42 Å². The molecule has 0 rings (SSSR count). The molecule has 0 aromatic carbocycles. The quantitative estimate of drug-likeness (QED) is 0.375. The van der Waals surface area contributed by atoms with Gasteiger partial charge < -0.3 is 10.6 Å². The van der Waals surface area contributed by atoms with Crippen LogP contribution in [0.25, 0.3) is 0 Å². The molecule has 0 atom stereocenters. The molecule has 0 saturated heterocycles. The summed E-state index contributed by atoms with van der Waals surface area (Å²) in [5.41, 5.74) is 5.38. The number of amides is 1. The fourth-order valence-electron chi connectivity index (χ4n) is 0.588. The maximum atomic E-state index is 10.7. The minimum Gasteiger partial charge on any atom is -0.369 e. The predicted octanol–water partition coefficient (Wildman–Crippen LogP) is 0.356. The normalized spacial score (nSPS) is 12.1. The van der Waals surface area contributed by atoms with Crippen LogP contribution in [0.4, 0.5) is 0 Å². The summed E-state index contributed by atoms with van der Waals surface area (Å²) >= 11 is 0. The van der Waals surface area contributed by atoms with E-state index in [1.807, 2.05) is 21.0 Å². The van der Waals surface area contributed by atoms with Gasteiger partial charge in [0, 0.05) is 14.1 Å². The highest BCUT2D eigenvalue weighted by atomic mass is 16.1. The Kier molecular flexibility index (Phi) is 4.76. The molecule has 12 heavy (non-hydrogen) atoms. The van der Waals surface area contributed by atoms with E-state index in [0.29, 0.717) is 5.70 Å². The molecule has 1 amide bonds. The van der Waals surface area contributed by atoms with Crippen LogP contribution < -0.4 is 5.73 Å². The number of allylic oxidation sites excluding steroid dienone is 1. The van der Waals surface area contributed by atoms with Crippen molar-refractivity contribution in [3.05, 3.63) is 11.8 Å². The first-order valence-corrected chi connectivity index (χ1v) is 3.78. The van der Waals surface area contributed by atoms with Gasteiger partial charge in [-0.25, -0.2) is 4.99 Å². The van der Waals surface area contributed by atoms with Crippen LogP contribution in [-0.2, 0) is 4.79 Å². The first kappa shape index (κ1) is 10.7. The first-order chi connectivity index (χ1) is 5.57. The van der Waals surface area contributed by atoms with Crippen molar-refractivity contribution in [1.82, 2.24) is 4.90 Å². The molecule has 0 fully saturated rings. The number of rotatable bonds is 4. The topological polar surface area (TPSA) is 58.7 Å². The molecule has 0 radical (unpaired) electrons. The molecule has 0 heterocycles. The van der Waals surface area contributed by atoms with Crippen molar-refractivity contribution < 1.29 is 4.79 Å². The van der Waals surface area contributed by atoms with Gasteiger partial charge in [-0.15, -0.1) is 0 Å². The monoisotopic (exact) mass is 169 g/mol. The fourth-order valence-corrected chi connectivity index (χ4v) is 0.588. The van der Waals surface area contributed by atoms with Crippen molar-refractivity contribution in [2.24, 2.45) is 10.7 Å². The zero-order valence-electron chi connectivity index (χ0n) is 7.74. The van der Waals surface area contributed by atoms with Crippen LogP contribution in [0.3, 0.4) is 0 Å². The van der Waals surface area contributed by atoms with Crippen molar-refractivity contribution in [3.63, 3.8) is 0 Å². The number of aliphatic imine (C=N–C) groups is 1. The zero-order valence-corrected chi connectivity index (χ0v) is 7.74. The average Bonchev–Trinajstić information content (AvgIpc) is 1.96. The number of primary amides is 1. The van der Waals surface area contributed by atoms with Crippen molar-refractivity contribution in [3.8, 4) is 0 Å². The maximum Gasteiger partial charge on any atom is 0.267 e. The lowest BCUT2D eigenvalue weighted by atomic mass is 10.3. The van der Waals surface area contributed by atoms with Crippen LogP contribution in [0.15, 0.2) is 16.8 Å². The summed E-state index contributed by atoms with van der Waals surface area (Å²) in [6.07, 6.45) is 4.00. The highest BCUT2D eigenvalue weighted by Gasteiger charge is 1.99. The molecule has 0 unspecified atom stereocenters. The minimum absolute atomic E-state index is 0.311. The molecule has 0 aromatic rings. The second-order valence-electron chi connectivity index (χ2n) is 2.57. The van der Waals surface area contributed by atoms with Crippen molar-refractivity contribution in [1.29, 1.82) is 0 Å². The number of nitrogens with zero attached hydrogens (tertiary/aromatic N) is 2. The third kappa shape index (κ3) is 4.49. The zero-order chi connectivity index (χ0) is 9.56. The second kappa shape index (κ2) is 5.35. The summed E-state index contributed by atoms with van der Waals surface area (Å²) in [7, 11) is 3.65. The first-order valence-electron chi connectivity index (χ1n) is 3.78. The highest BCUT2D eigenvalue weighted by Crippen LogP contribution is 1.96. The lowest BCUT2D eigenvalue weighted by molar-refractivity contribution is -0.114. The van der Waals surface area contributed by atoms with Crippen molar-refractivity contribution in [2.45, 2.75) is 13.3 Å². The SMILES string of the molecule is CC/C=C(/N=C\N(C)C)C(N)=O. The molecule has 4 nitrogen and oxygen atoms in total. The third-order valence-electron chi connectivity index (χ3n) is 1.08. The van der Waals surface area contributed by atoms with Gasteiger partial charge in [0.15, 0.2) is 0 Å². The number of hydrogen-bond donors (Lipinski definition) is 1. The van der Waals surface area contributed by atoms with Gasteiger partial charge in [0.2, 0.25) is 0 Å². The average molecular weight is 169 g/mol. The van der Waals surface area contributed by atoms with E-state index in [1.54, 1.807) is 17.3 Å². The summed E-state index contributed by atoms with van der Waals surface area (Å²) in [5.74, 6) is -0.491. The smallest absolute Gasteiger partial charge is 0.267 e. The minimum atomic E-state index is -0.491. The van der Waals surface area contributed by atoms with E-state index in [-0.39, 0.29) is 0 Å². The second-order valence-corrected chi connectivity index (χ2v) is 2.57. The van der Waals surface area contributed by atoms with E-state index < -0.39 is 5.91 Å². The van der Waals surface area contributed by atoms with Gasteiger partial charge in [-0.2, -0.15) is 0 Å². The number of hydrogen-bond acceptors (Lipinski definition) is 2. The van der Waals surface area contributed by atoms with E-state index in [4.69, 9.17) is 5.73 Å². The summed E-state index contributed by atoms with van der Waals surface area (Å²) < 4.78 is 0. The molecule has 0 saturated carbocycles. The predicted molar refractivity (Wildman–Crippen MR) is 49.7 cm³/mol. The molecule has 0 aliphatic rings. The van der Waals surface area contributed by atoms with Gasteiger partial charge in [-0.1, -0.05) is 13.0 Å². The summed E-state index contributed by atoms with van der Waals surface area (Å²) in [4.78, 5) is 16.4. The molecule has 0 bridgehead atoms. The van der Waals surface area contributed by atoms with E-state index in [1.165, 1.54) is 0 Å². The van der Waals surface area contributed by atoms with Crippen LogP contribution in [0.5, 0.6) is 0 Å². The fraction of sp³-hybridized carbons (Fsp3) is 0.500. The molecule has 4 heteroatoms. The van der Waals surface area contributed by atoms with E-state index >= 15 is 0 Å². The molecular formula is C8H15N3O. The summed E-state index contributed by atoms with van der Waals surface area (Å²) in [6.45, 7) is 1.92. The Balaban J connectivity index is 4.34. The van der Waals surface area contributed by atoms with E-state index in [9.17, 15) is 4.79 Å². The van der Waals surface area contributed by atoms with Crippen LogP contribution in [-0.4, -0.2) is 31.2 Å². The Bertz CT molecular complexity index is 206. The van der Waals surface area contributed by atoms with Crippen LogP contribution >= 0.6 is 0 Å². The Morgan fingerprint density at radius 3 is 2.50 bits per heavy atom. The number of carbonyl (C=O) groups is 1. The van der Waals surface area contributed by atoms with Gasteiger partial charge >= 0.3 is 0 Å².